The molecule has 1 fully saturated rings. The van der Waals surface area contributed by atoms with Crippen LogP contribution < -0.4 is 5.73 Å². The van der Waals surface area contributed by atoms with Crippen molar-refractivity contribution in [1.29, 1.82) is 0 Å². The molecule has 17 heavy (non-hydrogen) atoms. The number of rotatable bonds is 7. The molecule has 1 heterocycles. The highest BCUT2D eigenvalue weighted by atomic mass is 16.2. The summed E-state index contributed by atoms with van der Waals surface area (Å²) in [7, 11) is 0. The Kier molecular flexibility index (Phi) is 6.56. The molecule has 0 aromatic rings. The predicted molar refractivity (Wildman–Crippen MR) is 71.7 cm³/mol. The van der Waals surface area contributed by atoms with Crippen molar-refractivity contribution in [2.24, 2.45) is 17.6 Å². The van der Waals surface area contributed by atoms with Crippen LogP contribution >= 0.6 is 0 Å². The van der Waals surface area contributed by atoms with Gasteiger partial charge in [0.1, 0.15) is 0 Å². The Morgan fingerprint density at radius 1 is 1.35 bits per heavy atom. The molecule has 0 aromatic carbocycles. The molecule has 1 saturated heterocycles. The van der Waals surface area contributed by atoms with Crippen molar-refractivity contribution in [3.8, 4) is 0 Å². The Balaban J connectivity index is 2.45. The molecular weight excluding hydrogens is 212 g/mol. The summed E-state index contributed by atoms with van der Waals surface area (Å²) in [6, 6.07) is 0. The van der Waals surface area contributed by atoms with Crippen molar-refractivity contribution < 1.29 is 4.79 Å². The molecule has 1 aliphatic rings. The molecular formula is C14H28N2O. The molecule has 3 nitrogen and oxygen atoms in total. The summed E-state index contributed by atoms with van der Waals surface area (Å²) < 4.78 is 0. The van der Waals surface area contributed by atoms with Crippen molar-refractivity contribution in [3.05, 3.63) is 0 Å². The maximum atomic E-state index is 12.4. The summed E-state index contributed by atoms with van der Waals surface area (Å²) in [5.74, 6) is 1.31. The minimum atomic E-state index is 0.265. The fraction of sp³-hybridized carbons (Fsp3) is 0.929. The average Bonchev–Trinajstić information content (AvgIpc) is 2.77. The molecule has 1 atom stereocenters. The van der Waals surface area contributed by atoms with Crippen molar-refractivity contribution in [3.63, 3.8) is 0 Å². The highest BCUT2D eigenvalue weighted by Gasteiger charge is 2.29. The third-order valence-corrected chi connectivity index (χ3v) is 3.80. The molecule has 0 spiro atoms. The normalized spacial score (nSPS) is 20.2. The van der Waals surface area contributed by atoms with Crippen LogP contribution in [0.25, 0.3) is 0 Å². The zero-order chi connectivity index (χ0) is 12.7. The Hall–Kier alpha value is -0.570. The van der Waals surface area contributed by atoms with E-state index in [1.54, 1.807) is 0 Å². The van der Waals surface area contributed by atoms with Crippen LogP contribution in [0.4, 0.5) is 0 Å². The van der Waals surface area contributed by atoms with Gasteiger partial charge in [0.2, 0.25) is 5.91 Å². The summed E-state index contributed by atoms with van der Waals surface area (Å²) in [5.41, 5.74) is 5.58. The SMILES string of the molecule is CCCC(CCC)C(=O)N1CCC(CCN)C1. The Morgan fingerprint density at radius 3 is 2.53 bits per heavy atom. The Bertz CT molecular complexity index is 224. The standard InChI is InChI=1S/C14H28N2O/c1-3-5-13(6-4-2)14(17)16-10-8-12(11-16)7-9-15/h12-13H,3-11,15H2,1-2H3. The quantitative estimate of drug-likeness (QED) is 0.742. The number of nitrogens with zero attached hydrogens (tertiary/aromatic N) is 1. The molecule has 0 bridgehead atoms. The number of carbonyl (C=O) groups is 1. The largest absolute Gasteiger partial charge is 0.342 e. The number of amides is 1. The zero-order valence-corrected chi connectivity index (χ0v) is 11.5. The van der Waals surface area contributed by atoms with Crippen molar-refractivity contribution in [1.82, 2.24) is 4.90 Å². The van der Waals surface area contributed by atoms with Gasteiger partial charge in [-0.3, -0.25) is 4.79 Å². The molecule has 1 aliphatic heterocycles. The van der Waals surface area contributed by atoms with Crippen molar-refractivity contribution >= 4 is 5.91 Å². The number of likely N-dealkylation sites (tertiary alicyclic amines) is 1. The van der Waals surface area contributed by atoms with E-state index in [0.717, 1.165) is 58.2 Å². The van der Waals surface area contributed by atoms with Crippen LogP contribution in [0.1, 0.15) is 52.4 Å². The van der Waals surface area contributed by atoms with E-state index in [1.165, 1.54) is 0 Å². The van der Waals surface area contributed by atoms with Crippen LogP contribution in [-0.2, 0) is 4.79 Å². The zero-order valence-electron chi connectivity index (χ0n) is 11.5. The minimum absolute atomic E-state index is 0.265. The van der Waals surface area contributed by atoms with Gasteiger partial charge in [0.05, 0.1) is 0 Å². The van der Waals surface area contributed by atoms with Gasteiger partial charge in [-0.1, -0.05) is 26.7 Å². The van der Waals surface area contributed by atoms with Crippen molar-refractivity contribution in [2.45, 2.75) is 52.4 Å². The first kappa shape index (κ1) is 14.5. The first-order valence-corrected chi connectivity index (χ1v) is 7.21. The van der Waals surface area contributed by atoms with E-state index in [-0.39, 0.29) is 5.92 Å². The molecule has 1 rings (SSSR count). The van der Waals surface area contributed by atoms with Gasteiger partial charge in [-0.25, -0.2) is 0 Å². The number of hydrogen-bond acceptors (Lipinski definition) is 2. The molecule has 0 aliphatic carbocycles. The van der Waals surface area contributed by atoms with E-state index in [9.17, 15) is 4.79 Å². The average molecular weight is 240 g/mol. The van der Waals surface area contributed by atoms with Crippen LogP contribution in [0.15, 0.2) is 0 Å². The molecule has 2 N–H and O–H groups in total. The lowest BCUT2D eigenvalue weighted by atomic mass is 9.97. The second-order valence-corrected chi connectivity index (χ2v) is 5.29. The van der Waals surface area contributed by atoms with Gasteiger partial charge in [0.25, 0.3) is 0 Å². The molecule has 3 heteroatoms. The van der Waals surface area contributed by atoms with E-state index in [0.29, 0.717) is 11.8 Å². The predicted octanol–water partition coefficient (Wildman–Crippen LogP) is 2.40. The maximum absolute atomic E-state index is 12.4. The summed E-state index contributed by atoms with van der Waals surface area (Å²) >= 11 is 0. The molecule has 1 unspecified atom stereocenters. The summed E-state index contributed by atoms with van der Waals surface area (Å²) in [5, 5.41) is 0. The van der Waals surface area contributed by atoms with E-state index in [1.807, 2.05) is 0 Å². The molecule has 0 radical (unpaired) electrons. The van der Waals surface area contributed by atoms with E-state index < -0.39 is 0 Å². The Morgan fingerprint density at radius 2 is 2.00 bits per heavy atom. The van der Waals surface area contributed by atoms with Gasteiger partial charge >= 0.3 is 0 Å². The second-order valence-electron chi connectivity index (χ2n) is 5.29. The van der Waals surface area contributed by atoms with Crippen LogP contribution in [-0.4, -0.2) is 30.4 Å². The van der Waals surface area contributed by atoms with Crippen LogP contribution in [0.5, 0.6) is 0 Å². The second kappa shape index (κ2) is 7.70. The fourth-order valence-corrected chi connectivity index (χ4v) is 2.85. The number of carbonyl (C=O) groups excluding carboxylic acids is 1. The van der Waals surface area contributed by atoms with E-state index in [4.69, 9.17) is 5.73 Å². The highest BCUT2D eigenvalue weighted by molar-refractivity contribution is 5.79. The van der Waals surface area contributed by atoms with Gasteiger partial charge in [-0.2, -0.15) is 0 Å². The first-order valence-electron chi connectivity index (χ1n) is 7.21. The summed E-state index contributed by atoms with van der Waals surface area (Å²) in [6.45, 7) is 6.97. The van der Waals surface area contributed by atoms with Gasteiger partial charge in [-0.15, -0.1) is 0 Å². The van der Waals surface area contributed by atoms with Gasteiger partial charge < -0.3 is 10.6 Å². The highest BCUT2D eigenvalue weighted by Crippen LogP contribution is 2.24. The Labute approximate surface area is 106 Å². The maximum Gasteiger partial charge on any atom is 0.225 e. The summed E-state index contributed by atoms with van der Waals surface area (Å²) in [6.07, 6.45) is 6.52. The lowest BCUT2D eigenvalue weighted by molar-refractivity contribution is -0.135. The molecule has 100 valence electrons. The lowest BCUT2D eigenvalue weighted by Gasteiger charge is -2.23. The van der Waals surface area contributed by atoms with Gasteiger partial charge in [0, 0.05) is 19.0 Å². The van der Waals surface area contributed by atoms with Crippen molar-refractivity contribution in [2.75, 3.05) is 19.6 Å². The topological polar surface area (TPSA) is 46.3 Å². The lowest BCUT2D eigenvalue weighted by Crippen LogP contribution is -2.34. The van der Waals surface area contributed by atoms with Gasteiger partial charge in [0.15, 0.2) is 0 Å². The summed E-state index contributed by atoms with van der Waals surface area (Å²) in [4.78, 5) is 14.4. The number of hydrogen-bond donors (Lipinski definition) is 1. The van der Waals surface area contributed by atoms with E-state index in [2.05, 4.69) is 18.7 Å². The van der Waals surface area contributed by atoms with E-state index >= 15 is 0 Å². The smallest absolute Gasteiger partial charge is 0.225 e. The third kappa shape index (κ3) is 4.30. The fourth-order valence-electron chi connectivity index (χ4n) is 2.85. The first-order chi connectivity index (χ1) is 8.22. The van der Waals surface area contributed by atoms with Gasteiger partial charge in [-0.05, 0) is 38.1 Å². The van der Waals surface area contributed by atoms with Crippen LogP contribution in [0.2, 0.25) is 0 Å². The minimum Gasteiger partial charge on any atom is -0.342 e. The monoisotopic (exact) mass is 240 g/mol. The molecule has 1 amide bonds. The molecule has 0 aromatic heterocycles. The molecule has 0 saturated carbocycles. The third-order valence-electron chi connectivity index (χ3n) is 3.80. The number of nitrogens with two attached hydrogens (primary N) is 1. The van der Waals surface area contributed by atoms with Crippen LogP contribution in [0, 0.1) is 11.8 Å². The van der Waals surface area contributed by atoms with Crippen LogP contribution in [0.3, 0.4) is 0 Å².